The van der Waals surface area contributed by atoms with Gasteiger partial charge in [0.05, 0.1) is 11.8 Å². The first kappa shape index (κ1) is 22.2. The van der Waals surface area contributed by atoms with Crippen LogP contribution in [0.25, 0.3) is 0 Å². The third kappa shape index (κ3) is 4.09. The first-order chi connectivity index (χ1) is 14.4. The molecule has 1 aliphatic heterocycles. The number of halogens is 1. The highest BCUT2D eigenvalue weighted by Gasteiger charge is 2.52. The molecule has 0 spiro atoms. The first-order valence-electron chi connectivity index (χ1n) is 10.6. The average Bonchev–Trinajstić information content (AvgIpc) is 3.03. The van der Waals surface area contributed by atoms with E-state index in [-0.39, 0.29) is 55.6 Å². The van der Waals surface area contributed by atoms with Crippen LogP contribution in [0.1, 0.15) is 64.9 Å². The van der Waals surface area contributed by atoms with Crippen molar-refractivity contribution in [3.63, 3.8) is 0 Å². The lowest BCUT2D eigenvalue weighted by Crippen LogP contribution is -2.48. The average molecular weight is 491 g/mol. The van der Waals surface area contributed by atoms with Gasteiger partial charge in [0.15, 0.2) is 11.5 Å². The number of Topliss-reactive ketones (excluding diaryl/α,β-unsaturated/α-hetero) is 4. The van der Waals surface area contributed by atoms with Crippen molar-refractivity contribution in [3.05, 3.63) is 22.2 Å². The summed E-state index contributed by atoms with van der Waals surface area (Å²) in [7, 11) is 0. The summed E-state index contributed by atoms with van der Waals surface area (Å²) in [6, 6.07) is 3.42. The molecule has 0 radical (unpaired) electrons. The Bertz CT molecular complexity index is 904. The van der Waals surface area contributed by atoms with Crippen LogP contribution >= 0.6 is 15.9 Å². The molecular formula is C24H27BrO6. The number of carbonyl (C=O) groups excluding carboxylic acids is 4. The smallest absolute Gasteiger partial charge is 0.231 e. The zero-order chi connectivity index (χ0) is 22.7. The fourth-order valence-corrected chi connectivity index (χ4v) is 5.94. The van der Waals surface area contributed by atoms with Gasteiger partial charge in [0.25, 0.3) is 0 Å². The predicted octanol–water partition coefficient (Wildman–Crippen LogP) is 4.41. The summed E-state index contributed by atoms with van der Waals surface area (Å²) in [6.07, 6.45) is 0.955. The molecule has 0 atom stereocenters. The molecule has 7 heteroatoms. The Morgan fingerprint density at radius 1 is 0.774 bits per heavy atom. The number of ether oxygens (including phenoxy) is 2. The van der Waals surface area contributed by atoms with E-state index < -0.39 is 28.6 Å². The zero-order valence-electron chi connectivity index (χ0n) is 18.2. The summed E-state index contributed by atoms with van der Waals surface area (Å²) in [5.41, 5.74) is -0.282. The van der Waals surface area contributed by atoms with Crippen molar-refractivity contribution in [1.82, 2.24) is 0 Å². The number of fused-ring (bicyclic) bond motifs is 1. The Hall–Kier alpha value is -2.02. The van der Waals surface area contributed by atoms with Crippen molar-refractivity contribution >= 4 is 39.1 Å². The molecule has 166 valence electrons. The zero-order valence-corrected chi connectivity index (χ0v) is 19.8. The number of carbonyl (C=O) groups is 4. The van der Waals surface area contributed by atoms with Gasteiger partial charge in [-0.2, -0.15) is 0 Å². The highest BCUT2D eigenvalue weighted by atomic mass is 79.9. The molecule has 0 saturated heterocycles. The van der Waals surface area contributed by atoms with Crippen molar-refractivity contribution in [2.24, 2.45) is 22.7 Å². The van der Waals surface area contributed by atoms with E-state index in [4.69, 9.17) is 9.47 Å². The SMILES string of the molecule is CC1(C)CC(=O)C(C(c2cc3c(cc2Br)OCO3)C2C(=O)CC(C)(C)CC2=O)C(=O)C1. The summed E-state index contributed by atoms with van der Waals surface area (Å²) in [5.74, 6) is -2.71. The van der Waals surface area contributed by atoms with Gasteiger partial charge in [0.1, 0.15) is 23.1 Å². The van der Waals surface area contributed by atoms with E-state index in [9.17, 15) is 19.2 Å². The van der Waals surface area contributed by atoms with Gasteiger partial charge in [-0.1, -0.05) is 43.6 Å². The molecular weight excluding hydrogens is 464 g/mol. The van der Waals surface area contributed by atoms with Gasteiger partial charge >= 0.3 is 0 Å². The van der Waals surface area contributed by atoms with E-state index >= 15 is 0 Å². The van der Waals surface area contributed by atoms with Crippen LogP contribution in [0.15, 0.2) is 16.6 Å². The van der Waals surface area contributed by atoms with Gasteiger partial charge in [-0.3, -0.25) is 19.2 Å². The molecule has 2 saturated carbocycles. The van der Waals surface area contributed by atoms with Crippen LogP contribution in [0.5, 0.6) is 11.5 Å². The molecule has 2 aliphatic carbocycles. The Morgan fingerprint density at radius 2 is 1.16 bits per heavy atom. The number of rotatable bonds is 3. The van der Waals surface area contributed by atoms with Crippen molar-refractivity contribution in [2.45, 2.75) is 59.3 Å². The number of hydrogen-bond acceptors (Lipinski definition) is 6. The lowest BCUT2D eigenvalue weighted by atomic mass is 9.59. The highest BCUT2D eigenvalue weighted by molar-refractivity contribution is 9.10. The largest absolute Gasteiger partial charge is 0.454 e. The van der Waals surface area contributed by atoms with E-state index in [1.807, 2.05) is 27.7 Å². The molecule has 1 aromatic carbocycles. The number of benzene rings is 1. The minimum Gasteiger partial charge on any atom is -0.454 e. The van der Waals surface area contributed by atoms with Gasteiger partial charge in [-0.05, 0) is 28.5 Å². The summed E-state index contributed by atoms with van der Waals surface area (Å²) < 4.78 is 11.5. The molecule has 3 aliphatic rings. The molecule has 0 aromatic heterocycles. The molecule has 0 unspecified atom stereocenters. The summed E-state index contributed by atoms with van der Waals surface area (Å²) in [4.78, 5) is 53.0. The van der Waals surface area contributed by atoms with E-state index in [1.165, 1.54) is 0 Å². The first-order valence-corrected chi connectivity index (χ1v) is 11.4. The minimum absolute atomic E-state index is 0.0703. The molecule has 0 amide bonds. The molecule has 6 nitrogen and oxygen atoms in total. The van der Waals surface area contributed by atoms with Crippen LogP contribution in [0.2, 0.25) is 0 Å². The van der Waals surface area contributed by atoms with Gasteiger partial charge in [-0.25, -0.2) is 0 Å². The molecule has 4 rings (SSSR count). The van der Waals surface area contributed by atoms with Crippen LogP contribution in [-0.2, 0) is 19.2 Å². The quantitative estimate of drug-likeness (QED) is 0.583. The Kier molecular flexibility index (Phi) is 5.39. The molecule has 1 heterocycles. The van der Waals surface area contributed by atoms with E-state index in [0.29, 0.717) is 21.5 Å². The fourth-order valence-electron chi connectivity index (χ4n) is 5.35. The van der Waals surface area contributed by atoms with Crippen LogP contribution in [0.4, 0.5) is 0 Å². The van der Waals surface area contributed by atoms with Crippen molar-refractivity contribution in [1.29, 1.82) is 0 Å². The molecule has 0 N–H and O–H groups in total. The Balaban J connectivity index is 1.85. The summed E-state index contributed by atoms with van der Waals surface area (Å²) in [6.45, 7) is 7.64. The number of hydrogen-bond donors (Lipinski definition) is 0. The second kappa shape index (κ2) is 7.54. The van der Waals surface area contributed by atoms with Crippen molar-refractivity contribution < 1.29 is 28.7 Å². The fraction of sp³-hybridized carbons (Fsp3) is 0.583. The topological polar surface area (TPSA) is 86.7 Å². The van der Waals surface area contributed by atoms with Gasteiger partial charge in [0.2, 0.25) is 6.79 Å². The highest BCUT2D eigenvalue weighted by Crippen LogP contribution is 2.50. The molecule has 1 aromatic rings. The van der Waals surface area contributed by atoms with Crippen molar-refractivity contribution in [2.75, 3.05) is 6.79 Å². The minimum atomic E-state index is -1.02. The maximum Gasteiger partial charge on any atom is 0.231 e. The van der Waals surface area contributed by atoms with Crippen LogP contribution in [0.3, 0.4) is 0 Å². The normalized spacial score (nSPS) is 23.7. The molecule has 0 bridgehead atoms. The maximum absolute atomic E-state index is 13.2. The van der Waals surface area contributed by atoms with Crippen molar-refractivity contribution in [3.8, 4) is 11.5 Å². The van der Waals surface area contributed by atoms with Gasteiger partial charge in [0, 0.05) is 36.1 Å². The van der Waals surface area contributed by atoms with E-state index in [1.54, 1.807) is 12.1 Å². The van der Waals surface area contributed by atoms with E-state index in [2.05, 4.69) is 15.9 Å². The molecule has 2 fully saturated rings. The summed E-state index contributed by atoms with van der Waals surface area (Å²) in [5, 5.41) is 0. The number of ketones is 4. The second-order valence-corrected chi connectivity index (χ2v) is 11.5. The Labute approximate surface area is 190 Å². The predicted molar refractivity (Wildman–Crippen MR) is 116 cm³/mol. The molecule has 31 heavy (non-hydrogen) atoms. The van der Waals surface area contributed by atoms with Crippen LogP contribution in [-0.4, -0.2) is 29.9 Å². The second-order valence-electron chi connectivity index (χ2n) is 10.6. The lowest BCUT2D eigenvalue weighted by Gasteiger charge is -2.41. The lowest BCUT2D eigenvalue weighted by molar-refractivity contribution is -0.145. The maximum atomic E-state index is 13.2. The third-order valence-electron chi connectivity index (χ3n) is 6.57. The standard InChI is InChI=1S/C24H27BrO6/c1-23(2)7-14(26)21(15(27)8-23)20(22-16(28)9-24(3,4)10-17(22)29)12-5-18-19(6-13(12)25)31-11-30-18/h5-6,20-22H,7-11H2,1-4H3. The third-order valence-corrected chi connectivity index (χ3v) is 7.25. The van der Waals surface area contributed by atoms with Gasteiger partial charge < -0.3 is 9.47 Å². The van der Waals surface area contributed by atoms with E-state index in [0.717, 1.165) is 0 Å². The Morgan fingerprint density at radius 3 is 1.58 bits per heavy atom. The monoisotopic (exact) mass is 490 g/mol. The summed E-state index contributed by atoms with van der Waals surface area (Å²) >= 11 is 3.53. The van der Waals surface area contributed by atoms with Crippen LogP contribution < -0.4 is 9.47 Å². The van der Waals surface area contributed by atoms with Crippen LogP contribution in [0, 0.1) is 22.7 Å². The van der Waals surface area contributed by atoms with Gasteiger partial charge in [-0.15, -0.1) is 0 Å².